The zero-order chi connectivity index (χ0) is 14.2. The summed E-state index contributed by atoms with van der Waals surface area (Å²) in [7, 11) is 1.41. The topological polar surface area (TPSA) is 56.8 Å². The quantitative estimate of drug-likeness (QED) is 0.847. The van der Waals surface area contributed by atoms with Crippen molar-refractivity contribution in [2.75, 3.05) is 20.3 Å². The zero-order valence-corrected chi connectivity index (χ0v) is 11.8. The number of carbonyl (C=O) groups is 1. The molecular weight excluding hydrogens is 258 g/mol. The van der Waals surface area contributed by atoms with Crippen LogP contribution >= 0.6 is 0 Å². The summed E-state index contributed by atoms with van der Waals surface area (Å²) >= 11 is 0. The second-order valence-electron chi connectivity index (χ2n) is 5.39. The molecule has 1 heterocycles. The van der Waals surface area contributed by atoms with E-state index in [9.17, 15) is 4.79 Å². The van der Waals surface area contributed by atoms with Crippen LogP contribution in [0.4, 0.5) is 0 Å². The molecule has 0 radical (unpaired) electrons. The average Bonchev–Trinajstić information content (AvgIpc) is 3.29. The molecule has 1 aliphatic carbocycles. The van der Waals surface area contributed by atoms with Crippen molar-refractivity contribution in [1.82, 2.24) is 5.32 Å². The molecule has 5 nitrogen and oxygen atoms in total. The molecule has 0 aromatic heterocycles. The second-order valence-corrected chi connectivity index (χ2v) is 5.39. The lowest BCUT2D eigenvalue weighted by Crippen LogP contribution is -2.48. The average molecular weight is 277 g/mol. The smallest absolute Gasteiger partial charge is 0.330 e. The molecule has 1 unspecified atom stereocenters. The van der Waals surface area contributed by atoms with E-state index >= 15 is 0 Å². The van der Waals surface area contributed by atoms with Gasteiger partial charge in [0.25, 0.3) is 0 Å². The van der Waals surface area contributed by atoms with Crippen LogP contribution in [-0.2, 0) is 15.1 Å². The fourth-order valence-electron chi connectivity index (χ4n) is 2.45. The standard InChI is InChI=1S/C15H19NO4/c1-15(14(17)18-2,16-11-4-5-11)10-3-6-12-13(9-10)20-8-7-19-12/h3,6,9,11,16H,4-5,7-8H2,1-2H3. The van der Waals surface area contributed by atoms with Crippen molar-refractivity contribution >= 4 is 5.97 Å². The Labute approximate surface area is 118 Å². The highest BCUT2D eigenvalue weighted by molar-refractivity contribution is 5.82. The van der Waals surface area contributed by atoms with Gasteiger partial charge in [-0.1, -0.05) is 6.07 Å². The number of hydrogen-bond donors (Lipinski definition) is 1. The van der Waals surface area contributed by atoms with Gasteiger partial charge in [0, 0.05) is 6.04 Å². The number of methoxy groups -OCH3 is 1. The van der Waals surface area contributed by atoms with Gasteiger partial charge in [0.05, 0.1) is 7.11 Å². The van der Waals surface area contributed by atoms with Crippen LogP contribution in [0.3, 0.4) is 0 Å². The Morgan fingerprint density at radius 3 is 2.65 bits per heavy atom. The van der Waals surface area contributed by atoms with E-state index in [1.54, 1.807) is 0 Å². The first-order valence-corrected chi connectivity index (χ1v) is 6.90. The Balaban J connectivity index is 1.95. The minimum Gasteiger partial charge on any atom is -0.486 e. The van der Waals surface area contributed by atoms with Crippen LogP contribution in [0, 0.1) is 0 Å². The number of benzene rings is 1. The summed E-state index contributed by atoms with van der Waals surface area (Å²) in [6, 6.07) is 5.98. The zero-order valence-electron chi connectivity index (χ0n) is 11.8. The van der Waals surface area contributed by atoms with Gasteiger partial charge in [0.2, 0.25) is 0 Å². The predicted molar refractivity (Wildman–Crippen MR) is 73.0 cm³/mol. The van der Waals surface area contributed by atoms with Crippen LogP contribution in [0.25, 0.3) is 0 Å². The van der Waals surface area contributed by atoms with Crippen molar-refractivity contribution in [2.45, 2.75) is 31.3 Å². The van der Waals surface area contributed by atoms with Crippen molar-refractivity contribution < 1.29 is 19.0 Å². The minimum absolute atomic E-state index is 0.291. The summed E-state index contributed by atoms with van der Waals surface area (Å²) < 4.78 is 16.1. The Bertz CT molecular complexity index is 527. The SMILES string of the molecule is COC(=O)C(C)(NC1CC1)c1ccc2c(c1)OCCO2. The van der Waals surface area contributed by atoms with E-state index < -0.39 is 5.54 Å². The molecule has 20 heavy (non-hydrogen) atoms. The first-order chi connectivity index (χ1) is 9.63. The van der Waals surface area contributed by atoms with Gasteiger partial charge >= 0.3 is 5.97 Å². The lowest BCUT2D eigenvalue weighted by molar-refractivity contribution is -0.148. The Morgan fingerprint density at radius 1 is 1.30 bits per heavy atom. The lowest BCUT2D eigenvalue weighted by atomic mass is 9.91. The highest BCUT2D eigenvalue weighted by atomic mass is 16.6. The number of carbonyl (C=O) groups excluding carboxylic acids is 1. The Morgan fingerprint density at radius 2 is 2.00 bits per heavy atom. The maximum absolute atomic E-state index is 12.2. The van der Waals surface area contributed by atoms with Crippen molar-refractivity contribution in [3.8, 4) is 11.5 Å². The summed E-state index contributed by atoms with van der Waals surface area (Å²) in [4.78, 5) is 12.2. The van der Waals surface area contributed by atoms with Crippen LogP contribution < -0.4 is 14.8 Å². The van der Waals surface area contributed by atoms with Crippen LogP contribution in [-0.4, -0.2) is 32.3 Å². The summed E-state index contributed by atoms with van der Waals surface area (Å²) in [6.45, 7) is 2.94. The number of rotatable bonds is 4. The van der Waals surface area contributed by atoms with Crippen molar-refractivity contribution in [3.05, 3.63) is 23.8 Å². The molecule has 0 spiro atoms. The fraction of sp³-hybridized carbons (Fsp3) is 0.533. The number of nitrogens with one attached hydrogen (secondary N) is 1. The number of esters is 1. The second kappa shape index (κ2) is 4.98. The molecule has 3 rings (SSSR count). The van der Waals surface area contributed by atoms with Gasteiger partial charge in [-0.2, -0.15) is 0 Å². The van der Waals surface area contributed by atoms with E-state index in [2.05, 4.69) is 5.32 Å². The molecule has 1 fully saturated rings. The predicted octanol–water partition coefficient (Wildman–Crippen LogP) is 1.60. The van der Waals surface area contributed by atoms with Crippen LogP contribution in [0.5, 0.6) is 11.5 Å². The minimum atomic E-state index is -0.855. The highest BCUT2D eigenvalue weighted by Gasteiger charge is 2.41. The van der Waals surface area contributed by atoms with Crippen LogP contribution in [0.2, 0.25) is 0 Å². The molecular formula is C15H19NO4. The van der Waals surface area contributed by atoms with Crippen molar-refractivity contribution in [1.29, 1.82) is 0 Å². The molecule has 108 valence electrons. The number of fused-ring (bicyclic) bond motifs is 1. The maximum Gasteiger partial charge on any atom is 0.330 e. The largest absolute Gasteiger partial charge is 0.486 e. The molecule has 1 aromatic rings. The number of ether oxygens (including phenoxy) is 3. The van der Waals surface area contributed by atoms with Gasteiger partial charge in [0.15, 0.2) is 11.5 Å². The van der Waals surface area contributed by atoms with Crippen molar-refractivity contribution in [3.63, 3.8) is 0 Å². The monoisotopic (exact) mass is 277 g/mol. The molecule has 2 aliphatic rings. The summed E-state index contributed by atoms with van der Waals surface area (Å²) in [5.74, 6) is 1.11. The van der Waals surface area contributed by atoms with Crippen LogP contribution in [0.15, 0.2) is 18.2 Å². The molecule has 0 amide bonds. The normalized spacial score (nSPS) is 20.1. The Kier molecular flexibility index (Phi) is 3.30. The van der Waals surface area contributed by atoms with Gasteiger partial charge in [-0.3, -0.25) is 5.32 Å². The van der Waals surface area contributed by atoms with Gasteiger partial charge in [0.1, 0.15) is 18.8 Å². The first kappa shape index (κ1) is 13.2. The fourth-order valence-corrected chi connectivity index (χ4v) is 2.45. The van der Waals surface area contributed by atoms with Crippen LogP contribution in [0.1, 0.15) is 25.3 Å². The van der Waals surface area contributed by atoms with Gasteiger partial charge in [-0.25, -0.2) is 4.79 Å². The van der Waals surface area contributed by atoms with Crippen molar-refractivity contribution in [2.24, 2.45) is 0 Å². The number of hydrogen-bond acceptors (Lipinski definition) is 5. The molecule has 1 aromatic carbocycles. The van der Waals surface area contributed by atoms with E-state index in [0.29, 0.717) is 25.0 Å². The third kappa shape index (κ3) is 2.33. The summed E-state index contributed by atoms with van der Waals surface area (Å²) in [6.07, 6.45) is 2.19. The third-order valence-electron chi connectivity index (χ3n) is 3.78. The Hall–Kier alpha value is -1.75. The molecule has 0 saturated heterocycles. The molecule has 1 aliphatic heterocycles. The maximum atomic E-state index is 12.2. The van der Waals surface area contributed by atoms with E-state index in [1.807, 2.05) is 25.1 Å². The van der Waals surface area contributed by atoms with Gasteiger partial charge < -0.3 is 14.2 Å². The third-order valence-corrected chi connectivity index (χ3v) is 3.78. The molecule has 1 N–H and O–H groups in total. The molecule has 1 atom stereocenters. The van der Waals surface area contributed by atoms with E-state index in [1.165, 1.54) is 7.11 Å². The lowest BCUT2D eigenvalue weighted by Gasteiger charge is -2.30. The highest BCUT2D eigenvalue weighted by Crippen LogP contribution is 2.36. The van der Waals surface area contributed by atoms with E-state index in [4.69, 9.17) is 14.2 Å². The molecule has 0 bridgehead atoms. The van der Waals surface area contributed by atoms with E-state index in [0.717, 1.165) is 24.2 Å². The van der Waals surface area contributed by atoms with Gasteiger partial charge in [-0.05, 0) is 37.5 Å². The van der Waals surface area contributed by atoms with E-state index in [-0.39, 0.29) is 5.97 Å². The summed E-state index contributed by atoms with van der Waals surface area (Å²) in [5, 5.41) is 3.37. The summed E-state index contributed by atoms with van der Waals surface area (Å²) in [5.41, 5.74) is -0.0216. The van der Waals surface area contributed by atoms with Gasteiger partial charge in [-0.15, -0.1) is 0 Å². The molecule has 5 heteroatoms. The molecule has 1 saturated carbocycles. The first-order valence-electron chi connectivity index (χ1n) is 6.90.